The lowest BCUT2D eigenvalue weighted by Gasteiger charge is -2.23. The van der Waals surface area contributed by atoms with Crippen LogP contribution in [0.2, 0.25) is 0 Å². The first-order valence-corrected chi connectivity index (χ1v) is 11.7. The summed E-state index contributed by atoms with van der Waals surface area (Å²) >= 11 is 0. The molecule has 3 aromatic carbocycles. The Morgan fingerprint density at radius 1 is 0.806 bits per heavy atom. The van der Waals surface area contributed by atoms with E-state index in [9.17, 15) is 19.5 Å². The van der Waals surface area contributed by atoms with E-state index in [0.29, 0.717) is 23.4 Å². The summed E-state index contributed by atoms with van der Waals surface area (Å²) in [5.41, 5.74) is 2.23. The molecule has 0 saturated carbocycles. The van der Waals surface area contributed by atoms with Crippen LogP contribution in [0.1, 0.15) is 26.3 Å². The fraction of sp³-hybridized carbons (Fsp3) is 0.250. The summed E-state index contributed by atoms with van der Waals surface area (Å²) in [7, 11) is 6.17. The van der Waals surface area contributed by atoms with Crippen molar-refractivity contribution < 1.29 is 24.0 Å². The number of quaternary nitrogens is 1. The second kappa shape index (κ2) is 12.0. The van der Waals surface area contributed by atoms with Crippen LogP contribution < -0.4 is 16.0 Å². The van der Waals surface area contributed by atoms with E-state index in [-0.39, 0.29) is 24.0 Å². The van der Waals surface area contributed by atoms with Gasteiger partial charge in [-0.25, -0.2) is 0 Å². The number of anilines is 1. The summed E-state index contributed by atoms with van der Waals surface area (Å²) in [4.78, 5) is 38.3. The zero-order chi connectivity index (χ0) is 26.1. The Bertz CT molecular complexity index is 1170. The summed E-state index contributed by atoms with van der Waals surface area (Å²) in [5, 5.41) is 18.1. The molecule has 0 saturated heterocycles. The lowest BCUT2D eigenvalue weighted by atomic mass is 10.0. The van der Waals surface area contributed by atoms with E-state index in [1.165, 1.54) is 12.1 Å². The number of likely N-dealkylation sites (N-methyl/N-ethyl adjacent to an activating group) is 1. The van der Waals surface area contributed by atoms with Gasteiger partial charge >= 0.3 is 0 Å². The molecule has 0 heterocycles. The van der Waals surface area contributed by atoms with Gasteiger partial charge in [-0.15, -0.1) is 0 Å². The maximum atomic E-state index is 13.1. The van der Waals surface area contributed by atoms with Crippen LogP contribution >= 0.6 is 0 Å². The van der Waals surface area contributed by atoms with Gasteiger partial charge in [0.05, 0.1) is 34.2 Å². The van der Waals surface area contributed by atoms with E-state index in [4.69, 9.17) is 0 Å². The number of rotatable bonds is 10. The maximum absolute atomic E-state index is 13.1. The number of hydrogen-bond donors (Lipinski definition) is 4. The molecule has 1 unspecified atom stereocenters. The monoisotopic (exact) mass is 489 g/mol. The summed E-state index contributed by atoms with van der Waals surface area (Å²) in [6, 6.07) is 20.9. The second-order valence-electron chi connectivity index (χ2n) is 9.60. The number of carbonyl (C=O) groups excluding carboxylic acids is 3. The minimum absolute atomic E-state index is 0.120. The molecule has 0 aliphatic heterocycles. The molecule has 4 N–H and O–H groups in total. The molecule has 1 atom stereocenters. The first-order chi connectivity index (χ1) is 17.1. The van der Waals surface area contributed by atoms with Gasteiger partial charge in [0.1, 0.15) is 11.8 Å². The number of benzene rings is 3. The van der Waals surface area contributed by atoms with Crippen molar-refractivity contribution in [3.05, 3.63) is 95.6 Å². The molecule has 36 heavy (non-hydrogen) atoms. The number of amides is 3. The fourth-order valence-corrected chi connectivity index (χ4v) is 3.45. The Morgan fingerprint density at radius 2 is 1.42 bits per heavy atom. The number of nitrogens with zero attached hydrogens (tertiary/aromatic N) is 1. The summed E-state index contributed by atoms with van der Waals surface area (Å²) in [6.45, 7) is 1.36. The third kappa shape index (κ3) is 8.25. The largest absolute Gasteiger partial charge is 0.508 e. The third-order valence-electron chi connectivity index (χ3n) is 5.52. The fourth-order valence-electron chi connectivity index (χ4n) is 3.45. The molecular formula is C28H33N4O4+. The summed E-state index contributed by atoms with van der Waals surface area (Å²) < 4.78 is 0.747. The van der Waals surface area contributed by atoms with Gasteiger partial charge in [-0.1, -0.05) is 30.3 Å². The molecule has 0 aliphatic rings. The molecule has 0 radical (unpaired) electrons. The standard InChI is InChI=1S/C28H32N4O4/c1-32(2,3)18-17-29-26(34)22-11-13-23(14-12-22)30-28(36)25(19-20-9-15-24(33)16-10-20)31-27(35)21-7-5-4-6-8-21/h4-16,25H,17-19H2,1-3H3,(H3-,29,30,31,33,34,35,36)/p+1. The first-order valence-electron chi connectivity index (χ1n) is 11.7. The summed E-state index contributed by atoms with van der Waals surface area (Å²) in [6.07, 6.45) is 0.234. The van der Waals surface area contributed by atoms with Crippen molar-refractivity contribution in [2.45, 2.75) is 12.5 Å². The van der Waals surface area contributed by atoms with Gasteiger partial charge in [0.15, 0.2) is 0 Å². The summed E-state index contributed by atoms with van der Waals surface area (Å²) in [5.74, 6) is -0.820. The van der Waals surface area contributed by atoms with Gasteiger partial charge in [0, 0.05) is 23.2 Å². The molecule has 188 valence electrons. The minimum atomic E-state index is -0.860. The normalized spacial score (nSPS) is 11.9. The van der Waals surface area contributed by atoms with Crippen LogP contribution in [0.4, 0.5) is 5.69 Å². The number of hydrogen-bond acceptors (Lipinski definition) is 4. The molecule has 3 rings (SSSR count). The van der Waals surface area contributed by atoms with Crippen molar-refractivity contribution in [1.29, 1.82) is 0 Å². The Hall–Kier alpha value is -4.17. The van der Waals surface area contributed by atoms with Crippen molar-refractivity contribution in [3.63, 3.8) is 0 Å². The van der Waals surface area contributed by atoms with E-state index < -0.39 is 11.9 Å². The van der Waals surface area contributed by atoms with E-state index >= 15 is 0 Å². The van der Waals surface area contributed by atoms with Gasteiger partial charge in [-0.2, -0.15) is 0 Å². The van der Waals surface area contributed by atoms with Crippen molar-refractivity contribution >= 4 is 23.4 Å². The van der Waals surface area contributed by atoms with Crippen molar-refractivity contribution in [2.24, 2.45) is 0 Å². The topological polar surface area (TPSA) is 108 Å². The number of aromatic hydroxyl groups is 1. The average molecular weight is 490 g/mol. The highest BCUT2D eigenvalue weighted by Gasteiger charge is 2.22. The lowest BCUT2D eigenvalue weighted by Crippen LogP contribution is -2.45. The quantitative estimate of drug-likeness (QED) is 0.329. The predicted octanol–water partition coefficient (Wildman–Crippen LogP) is 2.81. The molecular weight excluding hydrogens is 456 g/mol. The SMILES string of the molecule is C[N+](C)(C)CCNC(=O)c1ccc(NC(=O)C(Cc2ccc(O)cc2)NC(=O)c2ccccc2)cc1. The molecule has 0 bridgehead atoms. The Labute approximate surface area is 211 Å². The third-order valence-corrected chi connectivity index (χ3v) is 5.52. The highest BCUT2D eigenvalue weighted by Crippen LogP contribution is 2.14. The number of carbonyl (C=O) groups is 3. The molecule has 8 heteroatoms. The smallest absolute Gasteiger partial charge is 0.251 e. The van der Waals surface area contributed by atoms with Crippen LogP contribution in [0.25, 0.3) is 0 Å². The second-order valence-corrected chi connectivity index (χ2v) is 9.60. The van der Waals surface area contributed by atoms with Gasteiger partial charge in [-0.3, -0.25) is 14.4 Å². The van der Waals surface area contributed by atoms with Gasteiger partial charge < -0.3 is 25.5 Å². The Morgan fingerprint density at radius 3 is 2.03 bits per heavy atom. The number of phenols is 1. The van der Waals surface area contributed by atoms with Crippen LogP contribution in [0.15, 0.2) is 78.9 Å². The zero-order valence-electron chi connectivity index (χ0n) is 20.8. The van der Waals surface area contributed by atoms with Crippen LogP contribution in [-0.4, -0.2) is 67.6 Å². The van der Waals surface area contributed by atoms with Crippen molar-refractivity contribution in [1.82, 2.24) is 10.6 Å². The molecule has 0 spiro atoms. The average Bonchev–Trinajstić information content (AvgIpc) is 2.85. The number of phenolic OH excluding ortho intramolecular Hbond substituents is 1. The predicted molar refractivity (Wildman–Crippen MR) is 140 cm³/mol. The Kier molecular flexibility index (Phi) is 8.81. The van der Waals surface area contributed by atoms with E-state index in [1.807, 2.05) is 6.07 Å². The highest BCUT2D eigenvalue weighted by molar-refractivity contribution is 6.01. The van der Waals surface area contributed by atoms with Crippen molar-refractivity contribution in [3.8, 4) is 5.75 Å². The lowest BCUT2D eigenvalue weighted by molar-refractivity contribution is -0.869. The minimum Gasteiger partial charge on any atom is -0.508 e. The van der Waals surface area contributed by atoms with Crippen LogP contribution in [0, 0.1) is 0 Å². The zero-order valence-corrected chi connectivity index (χ0v) is 20.8. The van der Waals surface area contributed by atoms with Crippen LogP contribution in [-0.2, 0) is 11.2 Å². The van der Waals surface area contributed by atoms with Crippen LogP contribution in [0.5, 0.6) is 5.75 Å². The maximum Gasteiger partial charge on any atom is 0.251 e. The van der Waals surface area contributed by atoms with Crippen LogP contribution in [0.3, 0.4) is 0 Å². The van der Waals surface area contributed by atoms with Crippen molar-refractivity contribution in [2.75, 3.05) is 39.5 Å². The molecule has 0 aromatic heterocycles. The number of nitrogens with one attached hydrogen (secondary N) is 3. The molecule has 3 amide bonds. The molecule has 8 nitrogen and oxygen atoms in total. The first kappa shape index (κ1) is 26.4. The Balaban J connectivity index is 1.67. The molecule has 0 fully saturated rings. The molecule has 0 aliphatic carbocycles. The van der Waals surface area contributed by atoms with Gasteiger partial charge in [0.25, 0.3) is 11.8 Å². The van der Waals surface area contributed by atoms with E-state index in [0.717, 1.165) is 16.6 Å². The van der Waals surface area contributed by atoms with E-state index in [2.05, 4.69) is 37.1 Å². The van der Waals surface area contributed by atoms with E-state index in [1.54, 1.807) is 60.7 Å². The van der Waals surface area contributed by atoms with Gasteiger partial charge in [-0.05, 0) is 54.1 Å². The van der Waals surface area contributed by atoms with Gasteiger partial charge in [0.2, 0.25) is 5.91 Å². The molecule has 3 aromatic rings. The highest BCUT2D eigenvalue weighted by atomic mass is 16.3.